The molecule has 0 unspecified atom stereocenters. The lowest BCUT2D eigenvalue weighted by atomic mass is 9.86. The molecule has 0 aliphatic rings. The molecule has 3 aromatic rings. The van der Waals surface area contributed by atoms with Crippen molar-refractivity contribution >= 4 is 0 Å². The first-order chi connectivity index (χ1) is 13.4. The summed E-state index contributed by atoms with van der Waals surface area (Å²) in [5, 5.41) is 0. The predicted octanol–water partition coefficient (Wildman–Crippen LogP) is 5.85. The van der Waals surface area contributed by atoms with Crippen LogP contribution in [0.4, 0.5) is 0 Å². The minimum absolute atomic E-state index is 0.0834. The van der Waals surface area contributed by atoms with Crippen LogP contribution in [0.3, 0.4) is 0 Å². The Labute approximate surface area is 175 Å². The zero-order chi connectivity index (χ0) is 21.6. The largest absolute Gasteiger partial charge is 0.257 e. The fourth-order valence-corrected chi connectivity index (χ4v) is 3.59. The van der Waals surface area contributed by atoms with E-state index >= 15 is 0 Å². The smallest absolute Gasteiger partial charge is 0.214 e. The maximum Gasteiger partial charge on any atom is 0.214 e. The SMILES string of the molecule is Cc1nc(C)c(-c2cc(C(C)(C)C)cc[n+]2C)cc1-c1cc(C(C)(C)C)ccn1. The molecular weight excluding hydrogens is 354 g/mol. The molecule has 0 saturated carbocycles. The van der Waals surface area contributed by atoms with Gasteiger partial charge in [0.2, 0.25) is 5.69 Å². The average Bonchev–Trinajstić information content (AvgIpc) is 2.61. The molecular formula is C26H34N3+. The number of aromatic nitrogens is 3. The standard InChI is InChI=1S/C26H34N3/c1-17-21(23-14-19(10-12-27-23)25(3,4)5)16-22(18(2)28-17)24-15-20(26(6,7)8)11-13-29(24)9/h10-16H,1-9H3/q+1. The lowest BCUT2D eigenvalue weighted by molar-refractivity contribution is -0.660. The normalized spacial score (nSPS) is 12.3. The molecule has 0 amide bonds. The van der Waals surface area contributed by atoms with Crippen LogP contribution in [0.25, 0.3) is 22.5 Å². The number of nitrogens with zero attached hydrogens (tertiary/aromatic N) is 3. The highest BCUT2D eigenvalue weighted by Gasteiger charge is 2.22. The van der Waals surface area contributed by atoms with E-state index in [0.29, 0.717) is 0 Å². The molecule has 29 heavy (non-hydrogen) atoms. The van der Waals surface area contributed by atoms with Crippen molar-refractivity contribution in [2.24, 2.45) is 7.05 Å². The molecule has 0 atom stereocenters. The molecule has 3 heterocycles. The van der Waals surface area contributed by atoms with Crippen molar-refractivity contribution in [3.05, 3.63) is 65.2 Å². The van der Waals surface area contributed by atoms with Gasteiger partial charge in [0.05, 0.1) is 17.0 Å². The quantitative estimate of drug-likeness (QED) is 0.516. The Bertz CT molecular complexity index is 1050. The first-order valence-corrected chi connectivity index (χ1v) is 10.3. The fourth-order valence-electron chi connectivity index (χ4n) is 3.59. The predicted molar refractivity (Wildman–Crippen MR) is 121 cm³/mol. The van der Waals surface area contributed by atoms with Crippen LogP contribution in [0.5, 0.6) is 0 Å². The Morgan fingerprint density at radius 1 is 0.759 bits per heavy atom. The summed E-state index contributed by atoms with van der Waals surface area (Å²) in [7, 11) is 2.10. The van der Waals surface area contributed by atoms with E-state index in [-0.39, 0.29) is 10.8 Å². The third-order valence-electron chi connectivity index (χ3n) is 5.60. The van der Waals surface area contributed by atoms with E-state index < -0.39 is 0 Å². The summed E-state index contributed by atoms with van der Waals surface area (Å²) in [6, 6.07) is 11.1. The number of hydrogen-bond donors (Lipinski definition) is 0. The van der Waals surface area contributed by atoms with Crippen molar-refractivity contribution in [3.63, 3.8) is 0 Å². The Hall–Kier alpha value is -2.55. The van der Waals surface area contributed by atoms with Crippen LogP contribution < -0.4 is 4.57 Å². The molecule has 3 nitrogen and oxygen atoms in total. The van der Waals surface area contributed by atoms with Crippen molar-refractivity contribution in [2.75, 3.05) is 0 Å². The van der Waals surface area contributed by atoms with Crippen molar-refractivity contribution in [2.45, 2.75) is 66.2 Å². The van der Waals surface area contributed by atoms with Crippen LogP contribution in [0.1, 0.15) is 64.1 Å². The fraction of sp³-hybridized carbons (Fsp3) is 0.423. The summed E-state index contributed by atoms with van der Waals surface area (Å²) in [4.78, 5) is 9.58. The van der Waals surface area contributed by atoms with E-state index in [1.165, 1.54) is 16.8 Å². The van der Waals surface area contributed by atoms with Crippen LogP contribution >= 0.6 is 0 Å². The summed E-state index contributed by atoms with van der Waals surface area (Å²) < 4.78 is 2.18. The first-order valence-electron chi connectivity index (χ1n) is 10.3. The van der Waals surface area contributed by atoms with Gasteiger partial charge in [-0.3, -0.25) is 9.97 Å². The molecule has 0 bridgehead atoms. The Kier molecular flexibility index (Phi) is 5.38. The highest BCUT2D eigenvalue weighted by Crippen LogP contribution is 2.32. The topological polar surface area (TPSA) is 29.7 Å². The van der Waals surface area contributed by atoms with Gasteiger partial charge in [0.1, 0.15) is 7.05 Å². The second kappa shape index (κ2) is 7.37. The van der Waals surface area contributed by atoms with Gasteiger partial charge >= 0.3 is 0 Å². The molecule has 152 valence electrons. The second-order valence-corrected chi connectivity index (χ2v) is 10.1. The van der Waals surface area contributed by atoms with Crippen molar-refractivity contribution < 1.29 is 4.57 Å². The molecule has 3 heteroatoms. The van der Waals surface area contributed by atoms with E-state index in [9.17, 15) is 0 Å². The third-order valence-corrected chi connectivity index (χ3v) is 5.60. The van der Waals surface area contributed by atoms with E-state index in [2.05, 4.69) is 109 Å². The molecule has 3 rings (SSSR count). The molecule has 0 aromatic carbocycles. The minimum atomic E-state index is 0.0834. The summed E-state index contributed by atoms with van der Waals surface area (Å²) in [6.45, 7) is 17.6. The number of rotatable bonds is 2. The van der Waals surface area contributed by atoms with Gasteiger partial charge in [-0.25, -0.2) is 4.57 Å². The highest BCUT2D eigenvalue weighted by molar-refractivity contribution is 5.72. The van der Waals surface area contributed by atoms with Crippen LogP contribution in [0.2, 0.25) is 0 Å². The van der Waals surface area contributed by atoms with Gasteiger partial charge in [-0.15, -0.1) is 0 Å². The van der Waals surface area contributed by atoms with Crippen molar-refractivity contribution in [1.29, 1.82) is 0 Å². The van der Waals surface area contributed by atoms with Crippen molar-refractivity contribution in [3.8, 4) is 22.5 Å². The zero-order valence-corrected chi connectivity index (χ0v) is 19.4. The molecule has 0 N–H and O–H groups in total. The van der Waals surface area contributed by atoms with Gasteiger partial charge in [0.15, 0.2) is 6.20 Å². The first kappa shape index (κ1) is 21.2. The monoisotopic (exact) mass is 388 g/mol. The van der Waals surface area contributed by atoms with Gasteiger partial charge in [-0.05, 0) is 54.0 Å². The molecule has 0 fully saturated rings. The van der Waals surface area contributed by atoms with Gasteiger partial charge in [0.25, 0.3) is 0 Å². The molecule has 0 aliphatic carbocycles. The van der Waals surface area contributed by atoms with Gasteiger partial charge in [-0.1, -0.05) is 41.5 Å². The molecule has 0 spiro atoms. The lowest BCUT2D eigenvalue weighted by Gasteiger charge is -2.20. The summed E-state index contributed by atoms with van der Waals surface area (Å²) in [5.41, 5.74) is 9.25. The van der Waals surface area contributed by atoms with Gasteiger partial charge < -0.3 is 0 Å². The second-order valence-electron chi connectivity index (χ2n) is 10.1. The molecule has 0 radical (unpaired) electrons. The van der Waals surface area contributed by atoms with Crippen LogP contribution in [-0.2, 0) is 17.9 Å². The summed E-state index contributed by atoms with van der Waals surface area (Å²) >= 11 is 0. The number of aryl methyl sites for hydroxylation is 3. The van der Waals surface area contributed by atoms with E-state index in [1.54, 1.807) is 0 Å². The van der Waals surface area contributed by atoms with E-state index in [4.69, 9.17) is 4.98 Å². The average molecular weight is 389 g/mol. The Morgan fingerprint density at radius 3 is 1.97 bits per heavy atom. The minimum Gasteiger partial charge on any atom is -0.257 e. The van der Waals surface area contributed by atoms with E-state index in [1.807, 2.05) is 6.20 Å². The van der Waals surface area contributed by atoms with Crippen LogP contribution in [0.15, 0.2) is 42.7 Å². The summed E-state index contributed by atoms with van der Waals surface area (Å²) in [6.07, 6.45) is 4.06. The van der Waals surface area contributed by atoms with Gasteiger partial charge in [-0.2, -0.15) is 0 Å². The van der Waals surface area contributed by atoms with Crippen molar-refractivity contribution in [1.82, 2.24) is 9.97 Å². The summed E-state index contributed by atoms with van der Waals surface area (Å²) in [5.74, 6) is 0. The molecule has 3 aromatic heterocycles. The third kappa shape index (κ3) is 4.39. The highest BCUT2D eigenvalue weighted by atomic mass is 14.9. The van der Waals surface area contributed by atoms with Crippen LogP contribution in [0, 0.1) is 13.8 Å². The molecule has 0 saturated heterocycles. The zero-order valence-electron chi connectivity index (χ0n) is 19.4. The van der Waals surface area contributed by atoms with Gasteiger partial charge in [0, 0.05) is 29.6 Å². The molecule has 0 aliphatic heterocycles. The maximum absolute atomic E-state index is 4.90. The van der Waals surface area contributed by atoms with Crippen LogP contribution in [-0.4, -0.2) is 9.97 Å². The number of pyridine rings is 3. The Balaban J connectivity index is 2.21. The maximum atomic E-state index is 4.90. The van der Waals surface area contributed by atoms with E-state index in [0.717, 1.165) is 28.2 Å². The lowest BCUT2D eigenvalue weighted by Crippen LogP contribution is -2.32. The number of hydrogen-bond acceptors (Lipinski definition) is 2. The Morgan fingerprint density at radius 2 is 1.34 bits per heavy atom.